The largest absolute Gasteiger partial charge is 0.351 e. The van der Waals surface area contributed by atoms with Gasteiger partial charge in [-0.1, -0.05) is 42.5 Å². The third kappa shape index (κ3) is 5.70. The molecule has 0 saturated carbocycles. The van der Waals surface area contributed by atoms with Crippen LogP contribution in [0.5, 0.6) is 0 Å². The molecule has 8 heteroatoms. The van der Waals surface area contributed by atoms with Crippen molar-refractivity contribution in [3.05, 3.63) is 95.7 Å². The van der Waals surface area contributed by atoms with Gasteiger partial charge in [0.2, 0.25) is 5.91 Å². The van der Waals surface area contributed by atoms with Gasteiger partial charge in [0.05, 0.1) is 17.8 Å². The van der Waals surface area contributed by atoms with E-state index in [1.165, 1.54) is 0 Å². The molecule has 4 aromatic rings. The molecule has 2 heterocycles. The van der Waals surface area contributed by atoms with Crippen LogP contribution in [0.25, 0.3) is 10.9 Å². The highest BCUT2D eigenvalue weighted by molar-refractivity contribution is 6.10. The smallest absolute Gasteiger partial charge is 0.270 e. The van der Waals surface area contributed by atoms with Crippen LogP contribution in [0.15, 0.2) is 78.9 Å². The van der Waals surface area contributed by atoms with Crippen molar-refractivity contribution in [3.63, 3.8) is 0 Å². The van der Waals surface area contributed by atoms with Gasteiger partial charge < -0.3 is 20.5 Å². The van der Waals surface area contributed by atoms with Crippen LogP contribution in [0.3, 0.4) is 0 Å². The summed E-state index contributed by atoms with van der Waals surface area (Å²) in [5.41, 5.74) is 4.12. The first-order valence-corrected chi connectivity index (χ1v) is 12.3. The summed E-state index contributed by atoms with van der Waals surface area (Å²) in [7, 11) is 0. The number of rotatable bonds is 6. The number of benzene rings is 3. The molecular weight excluding hydrogens is 466 g/mol. The Balaban J connectivity index is 1.15. The fourth-order valence-electron chi connectivity index (χ4n) is 4.57. The van der Waals surface area contributed by atoms with Gasteiger partial charge in [-0.25, -0.2) is 0 Å². The van der Waals surface area contributed by atoms with Crippen LogP contribution < -0.4 is 10.6 Å². The van der Waals surface area contributed by atoms with Crippen LogP contribution in [0, 0.1) is 6.92 Å². The predicted molar refractivity (Wildman–Crippen MR) is 145 cm³/mol. The van der Waals surface area contributed by atoms with Gasteiger partial charge in [-0.3, -0.25) is 19.3 Å². The summed E-state index contributed by atoms with van der Waals surface area (Å²) in [6.45, 7) is 4.40. The average Bonchev–Trinajstić information content (AvgIpc) is 3.33. The van der Waals surface area contributed by atoms with Gasteiger partial charge in [0.25, 0.3) is 11.8 Å². The minimum absolute atomic E-state index is 0.0335. The van der Waals surface area contributed by atoms with Crippen molar-refractivity contribution in [2.75, 3.05) is 43.4 Å². The Morgan fingerprint density at radius 3 is 2.38 bits per heavy atom. The van der Waals surface area contributed by atoms with Gasteiger partial charge in [-0.2, -0.15) is 0 Å². The SMILES string of the molecule is Cc1cccc(NC(=O)c2ccccc2NC(=O)CN2CCN(C(=O)c3cc4ccccc4[nH]3)CC2)c1. The molecule has 3 aromatic carbocycles. The Bertz CT molecular complexity index is 1420. The lowest BCUT2D eigenvalue weighted by atomic mass is 10.1. The molecule has 0 atom stereocenters. The van der Waals surface area contributed by atoms with Gasteiger partial charge in [-0.15, -0.1) is 0 Å². The summed E-state index contributed by atoms with van der Waals surface area (Å²) in [4.78, 5) is 45.7. The molecule has 188 valence electrons. The highest BCUT2D eigenvalue weighted by Gasteiger charge is 2.24. The molecule has 0 unspecified atom stereocenters. The van der Waals surface area contributed by atoms with Crippen LogP contribution in [0.2, 0.25) is 0 Å². The van der Waals surface area contributed by atoms with Crippen LogP contribution in [0.4, 0.5) is 11.4 Å². The molecule has 5 rings (SSSR count). The van der Waals surface area contributed by atoms with E-state index in [1.54, 1.807) is 24.3 Å². The van der Waals surface area contributed by atoms with Crippen LogP contribution in [0.1, 0.15) is 26.4 Å². The summed E-state index contributed by atoms with van der Waals surface area (Å²) < 4.78 is 0. The third-order valence-corrected chi connectivity index (χ3v) is 6.51. The zero-order valence-electron chi connectivity index (χ0n) is 20.7. The van der Waals surface area contributed by atoms with Crippen LogP contribution >= 0.6 is 0 Å². The fourth-order valence-corrected chi connectivity index (χ4v) is 4.57. The van der Waals surface area contributed by atoms with Crippen molar-refractivity contribution < 1.29 is 14.4 Å². The number of aryl methyl sites for hydroxylation is 1. The number of aromatic amines is 1. The first-order valence-electron chi connectivity index (χ1n) is 12.3. The molecule has 3 N–H and O–H groups in total. The lowest BCUT2D eigenvalue weighted by molar-refractivity contribution is -0.117. The summed E-state index contributed by atoms with van der Waals surface area (Å²) in [5, 5.41) is 6.78. The molecule has 1 aliphatic heterocycles. The van der Waals surface area contributed by atoms with E-state index in [-0.39, 0.29) is 24.3 Å². The van der Waals surface area contributed by atoms with Crippen molar-refractivity contribution in [2.45, 2.75) is 6.92 Å². The maximum atomic E-state index is 12.9. The second kappa shape index (κ2) is 10.7. The van der Waals surface area contributed by atoms with Crippen LogP contribution in [-0.4, -0.2) is 65.2 Å². The standard InChI is InChI=1S/C29H29N5O3/c1-20-7-6-9-22(17-20)30-28(36)23-10-3-5-12-25(23)32-27(35)19-33-13-15-34(16-14-33)29(37)26-18-21-8-2-4-11-24(21)31-26/h2-12,17-18,31H,13-16,19H2,1H3,(H,30,36)(H,32,35). The van der Waals surface area contributed by atoms with E-state index >= 15 is 0 Å². The van der Waals surface area contributed by atoms with Crippen molar-refractivity contribution in [3.8, 4) is 0 Å². The Morgan fingerprint density at radius 1 is 0.838 bits per heavy atom. The summed E-state index contributed by atoms with van der Waals surface area (Å²) in [6.07, 6.45) is 0. The maximum Gasteiger partial charge on any atom is 0.270 e. The molecule has 1 aromatic heterocycles. The normalized spacial score (nSPS) is 13.9. The van der Waals surface area contributed by atoms with Gasteiger partial charge in [0.15, 0.2) is 0 Å². The highest BCUT2D eigenvalue weighted by atomic mass is 16.2. The molecule has 1 fully saturated rings. The Kier molecular flexibility index (Phi) is 7.00. The minimum atomic E-state index is -0.286. The number of fused-ring (bicyclic) bond motifs is 1. The summed E-state index contributed by atoms with van der Waals surface area (Å²) in [5.74, 6) is -0.523. The maximum absolute atomic E-state index is 12.9. The number of amides is 3. The van der Waals surface area contributed by atoms with E-state index < -0.39 is 0 Å². The number of H-pyrrole nitrogens is 1. The van der Waals surface area contributed by atoms with E-state index in [0.717, 1.165) is 16.5 Å². The lowest BCUT2D eigenvalue weighted by Gasteiger charge is -2.34. The molecule has 0 radical (unpaired) electrons. The topological polar surface area (TPSA) is 97.5 Å². The highest BCUT2D eigenvalue weighted by Crippen LogP contribution is 2.19. The zero-order valence-corrected chi connectivity index (χ0v) is 20.7. The van der Waals surface area contributed by atoms with E-state index in [4.69, 9.17) is 0 Å². The average molecular weight is 496 g/mol. The number of carbonyl (C=O) groups is 3. The molecule has 37 heavy (non-hydrogen) atoms. The number of hydrogen-bond donors (Lipinski definition) is 3. The Morgan fingerprint density at radius 2 is 1.59 bits per heavy atom. The second-order valence-corrected chi connectivity index (χ2v) is 9.26. The van der Waals surface area contributed by atoms with Gasteiger partial charge in [0, 0.05) is 42.8 Å². The van der Waals surface area contributed by atoms with Gasteiger partial charge in [-0.05, 0) is 48.9 Å². The number of aromatic nitrogens is 1. The molecular formula is C29H29N5O3. The van der Waals surface area contributed by atoms with Crippen LogP contribution in [-0.2, 0) is 4.79 Å². The van der Waals surface area contributed by atoms with E-state index in [9.17, 15) is 14.4 Å². The Labute approximate surface area is 215 Å². The monoisotopic (exact) mass is 495 g/mol. The summed E-state index contributed by atoms with van der Waals surface area (Å²) >= 11 is 0. The molecule has 1 saturated heterocycles. The number of piperazine rings is 1. The first kappa shape index (κ1) is 24.3. The zero-order chi connectivity index (χ0) is 25.8. The number of nitrogens with zero attached hydrogens (tertiary/aromatic N) is 2. The molecule has 3 amide bonds. The first-order chi connectivity index (χ1) is 18.0. The van der Waals surface area contributed by atoms with E-state index in [1.807, 2.05) is 71.3 Å². The second-order valence-electron chi connectivity index (χ2n) is 9.26. The molecule has 0 aliphatic carbocycles. The van der Waals surface area contributed by atoms with E-state index in [2.05, 4.69) is 15.6 Å². The Hall–Kier alpha value is -4.43. The lowest BCUT2D eigenvalue weighted by Crippen LogP contribution is -2.50. The summed E-state index contributed by atoms with van der Waals surface area (Å²) in [6, 6.07) is 24.2. The third-order valence-electron chi connectivity index (χ3n) is 6.51. The molecule has 0 bridgehead atoms. The fraction of sp³-hybridized carbons (Fsp3) is 0.207. The van der Waals surface area contributed by atoms with Crippen molar-refractivity contribution >= 4 is 40.0 Å². The quantitative estimate of drug-likeness (QED) is 0.375. The predicted octanol–water partition coefficient (Wildman–Crippen LogP) is 4.13. The van der Waals surface area contributed by atoms with Crippen molar-refractivity contribution in [1.82, 2.24) is 14.8 Å². The number of carbonyl (C=O) groups excluding carboxylic acids is 3. The minimum Gasteiger partial charge on any atom is -0.351 e. The number of hydrogen-bond acceptors (Lipinski definition) is 4. The van der Waals surface area contributed by atoms with Crippen molar-refractivity contribution in [2.24, 2.45) is 0 Å². The van der Waals surface area contributed by atoms with Crippen molar-refractivity contribution in [1.29, 1.82) is 0 Å². The van der Waals surface area contributed by atoms with E-state index in [0.29, 0.717) is 48.8 Å². The number of para-hydroxylation sites is 2. The number of nitrogens with one attached hydrogen (secondary N) is 3. The number of anilines is 2. The molecule has 1 aliphatic rings. The molecule has 8 nitrogen and oxygen atoms in total. The molecule has 0 spiro atoms. The van der Waals surface area contributed by atoms with Gasteiger partial charge >= 0.3 is 0 Å². The van der Waals surface area contributed by atoms with Gasteiger partial charge in [0.1, 0.15) is 5.69 Å².